The summed E-state index contributed by atoms with van der Waals surface area (Å²) < 4.78 is 7.05. The number of benzene rings is 20. The zero-order chi connectivity index (χ0) is 86.7. The maximum Gasteiger partial charge on any atom is 0.235 e. The van der Waals surface area contributed by atoms with E-state index in [1.807, 2.05) is 30.3 Å². The lowest BCUT2D eigenvalue weighted by atomic mass is 9.82. The zero-order valence-electron chi connectivity index (χ0n) is 71.9. The van der Waals surface area contributed by atoms with Gasteiger partial charge in [-0.1, -0.05) is 347 Å². The predicted molar refractivity (Wildman–Crippen MR) is 547 cm³/mol. The molecule has 0 unspecified atom stereocenters. The van der Waals surface area contributed by atoms with Crippen molar-refractivity contribution in [1.82, 2.24) is 43.6 Å². The molecule has 0 saturated carbocycles. The molecule has 0 aliphatic heterocycles. The van der Waals surface area contributed by atoms with Crippen molar-refractivity contribution >= 4 is 131 Å². The second kappa shape index (κ2) is 28.3. The number of hydrogen-bond acceptors (Lipinski definition) is 6. The summed E-state index contributed by atoms with van der Waals surface area (Å²) in [4.78, 5) is 31.5. The van der Waals surface area contributed by atoms with Crippen molar-refractivity contribution in [1.29, 1.82) is 0 Å². The van der Waals surface area contributed by atoms with Gasteiger partial charge in [0.05, 0.1) is 66.6 Å². The molecule has 6 heterocycles. The molecule has 0 fully saturated rings. The number of aromatic nitrogens is 9. The van der Waals surface area contributed by atoms with Crippen molar-refractivity contribution in [3.05, 3.63) is 430 Å². The molecular weight excluding hydrogens is 1600 g/mol. The SMILES string of the molecule is CC1(C)c2ccccc2-c2c(-c3nc4ccccc4nc3-n3c4cccc5c4c4c6c(cccc6ccc43)-c3ccccc3-5)cccc21.c1ccc(-c2nc(-c3ccc(-n4c5cccc6c5c5c(cccc54)-c4cccc5cccc-6c45)cc3)nc3ccccc23)cc1.c1ccc(-c2nc(-n3c4cccc5c4c4c(cccc43)-c3cccc4cccc-5c34)nc3ccccc23)cc1. The first-order chi connectivity index (χ1) is 65.3. The highest BCUT2D eigenvalue weighted by molar-refractivity contribution is 6.32. The summed E-state index contributed by atoms with van der Waals surface area (Å²) in [5.74, 6) is 2.27. The minimum Gasteiger partial charge on any atom is -0.309 e. The molecule has 0 N–H and O–H groups in total. The Labute approximate surface area is 758 Å². The van der Waals surface area contributed by atoms with Gasteiger partial charge in [0.1, 0.15) is 5.69 Å². The quantitative estimate of drug-likeness (QED) is 0.158. The van der Waals surface area contributed by atoms with E-state index in [2.05, 4.69) is 416 Å². The van der Waals surface area contributed by atoms with Crippen LogP contribution in [0.1, 0.15) is 25.0 Å². The molecule has 0 amide bonds. The maximum absolute atomic E-state index is 5.51. The van der Waals surface area contributed by atoms with E-state index in [1.165, 1.54) is 165 Å². The van der Waals surface area contributed by atoms with Gasteiger partial charge in [-0.3, -0.25) is 9.13 Å². The van der Waals surface area contributed by atoms with Gasteiger partial charge in [-0.05, 0) is 206 Å². The van der Waals surface area contributed by atoms with Gasteiger partial charge in [-0.25, -0.2) is 29.9 Å². The highest BCUT2D eigenvalue weighted by Gasteiger charge is 2.39. The van der Waals surface area contributed by atoms with E-state index in [1.54, 1.807) is 0 Å². The van der Waals surface area contributed by atoms with Crippen molar-refractivity contribution in [2.24, 2.45) is 0 Å². The van der Waals surface area contributed by atoms with Crippen LogP contribution in [0.25, 0.3) is 271 Å². The Morgan fingerprint density at radius 2 is 0.561 bits per heavy atom. The van der Waals surface area contributed by atoms with Gasteiger partial charge >= 0.3 is 0 Å². The van der Waals surface area contributed by atoms with Gasteiger partial charge in [0.15, 0.2) is 11.6 Å². The number of nitrogens with zero attached hydrogens (tertiary/aromatic N) is 9. The highest BCUT2D eigenvalue weighted by atomic mass is 15.2. The van der Waals surface area contributed by atoms with Gasteiger partial charge in [0, 0.05) is 76.4 Å². The van der Waals surface area contributed by atoms with Crippen LogP contribution in [0.5, 0.6) is 0 Å². The van der Waals surface area contributed by atoms with Gasteiger partial charge in [-0.2, -0.15) is 0 Å². The van der Waals surface area contributed by atoms with Crippen molar-refractivity contribution in [3.8, 4) is 141 Å². The molecule has 20 aromatic carbocycles. The third-order valence-corrected chi connectivity index (χ3v) is 28.4. The molecule has 132 heavy (non-hydrogen) atoms. The van der Waals surface area contributed by atoms with Crippen molar-refractivity contribution in [2.75, 3.05) is 0 Å². The minimum atomic E-state index is -0.117. The minimum absolute atomic E-state index is 0.117. The largest absolute Gasteiger partial charge is 0.309 e. The van der Waals surface area contributed by atoms with Crippen molar-refractivity contribution in [3.63, 3.8) is 0 Å². The molecule has 0 spiro atoms. The Bertz CT molecular complexity index is 9310. The monoisotopic (exact) mass is 1680 g/mol. The Kier molecular flexibility index (Phi) is 15.8. The molecule has 9 nitrogen and oxygen atoms in total. The molecule has 0 bridgehead atoms. The van der Waals surface area contributed by atoms with Gasteiger partial charge in [-0.15, -0.1) is 0 Å². The van der Waals surface area contributed by atoms with Crippen LogP contribution in [-0.4, -0.2) is 43.6 Å². The topological polar surface area (TPSA) is 92.1 Å². The summed E-state index contributed by atoms with van der Waals surface area (Å²) in [6.45, 7) is 4.67. The van der Waals surface area contributed by atoms with E-state index in [4.69, 9.17) is 29.9 Å². The van der Waals surface area contributed by atoms with E-state index in [0.29, 0.717) is 5.95 Å². The first kappa shape index (κ1) is 73.8. The van der Waals surface area contributed by atoms with Crippen LogP contribution in [0.4, 0.5) is 0 Å². The Balaban J connectivity index is 0.0000000996. The van der Waals surface area contributed by atoms with Crippen LogP contribution >= 0.6 is 0 Å². The van der Waals surface area contributed by atoms with Crippen LogP contribution in [0, 0.1) is 0 Å². The summed E-state index contributed by atoms with van der Waals surface area (Å²) in [6.07, 6.45) is 0. The fourth-order valence-electron chi connectivity index (χ4n) is 22.8. The lowest BCUT2D eigenvalue weighted by Gasteiger charge is -2.22. The summed E-state index contributed by atoms with van der Waals surface area (Å²) in [6, 6.07) is 150. The maximum atomic E-state index is 5.51. The fourth-order valence-corrected chi connectivity index (χ4v) is 22.8. The zero-order valence-corrected chi connectivity index (χ0v) is 71.9. The number of rotatable bonds is 7. The standard InChI is InChI=1S/C45H29N3.C42H25N3.C36H21N3/c1-45(2)33-19-6-5-15-31(33)40-32(18-10-20-34(40)45)43-44(47-36-22-8-7-21-35(36)46-43)48-37-23-11-17-30-28-14-4-3-13-27(28)29-16-9-12-26-24-25-38(48)42(39(26)29)41(30)37;1-2-10-27(11-3-1)41-34-14-4-5-19-35(34)43-42(44-41)28-22-24-29(25-23-28)45-36-20-8-17-32-30-15-6-12-26-13-7-16-31(38(26)30)33-18-9-21-37(45)40(33)39(32)36;1-2-10-23(11-3-1)35-28-14-4-5-19-29(28)37-36(38-35)39-30-20-8-17-26-24-15-6-12-22-13-7-16-25(32(22)24)27-18-9-21-31(39)34(27)33(26)30/h3-25H,1-2H3;1-25H;1-21H. The average molecular weight is 1680 g/mol. The second-order valence-corrected chi connectivity index (χ2v) is 35.7. The van der Waals surface area contributed by atoms with Crippen molar-refractivity contribution < 1.29 is 0 Å². The normalized spacial score (nSPS) is 12.7. The Morgan fingerprint density at radius 1 is 0.197 bits per heavy atom. The van der Waals surface area contributed by atoms with E-state index in [9.17, 15) is 0 Å². The average Bonchev–Trinajstić information content (AvgIpc) is 1.55. The summed E-state index contributed by atoms with van der Waals surface area (Å²) in [5, 5.41) is 17.5. The Hall–Kier alpha value is -17.4. The summed E-state index contributed by atoms with van der Waals surface area (Å²) in [7, 11) is 0. The summed E-state index contributed by atoms with van der Waals surface area (Å²) in [5.41, 5.74) is 39.1. The first-order valence-corrected chi connectivity index (χ1v) is 45.3. The molecule has 0 saturated heterocycles. The molecule has 26 aromatic rings. The van der Waals surface area contributed by atoms with Crippen LogP contribution in [0.2, 0.25) is 0 Å². The van der Waals surface area contributed by atoms with Crippen LogP contribution in [0.3, 0.4) is 0 Å². The molecular formula is C123H75N9. The van der Waals surface area contributed by atoms with Crippen LogP contribution in [-0.2, 0) is 5.41 Å². The second-order valence-electron chi connectivity index (χ2n) is 35.7. The van der Waals surface area contributed by atoms with Crippen LogP contribution in [0.15, 0.2) is 419 Å². The fraction of sp³-hybridized carbons (Fsp3) is 0.0244. The molecule has 9 heteroatoms. The lowest BCUT2D eigenvalue weighted by molar-refractivity contribution is 0.660. The van der Waals surface area contributed by atoms with Gasteiger partial charge in [0.2, 0.25) is 5.95 Å². The smallest absolute Gasteiger partial charge is 0.235 e. The third kappa shape index (κ3) is 10.7. The molecule has 0 atom stereocenters. The van der Waals surface area contributed by atoms with E-state index < -0.39 is 0 Å². The van der Waals surface area contributed by atoms with E-state index >= 15 is 0 Å². The van der Waals surface area contributed by atoms with Crippen molar-refractivity contribution in [2.45, 2.75) is 19.3 Å². The molecule has 612 valence electrons. The first-order valence-electron chi connectivity index (χ1n) is 45.3. The van der Waals surface area contributed by atoms with Crippen LogP contribution < -0.4 is 0 Å². The van der Waals surface area contributed by atoms with E-state index in [0.717, 1.165) is 112 Å². The lowest BCUT2D eigenvalue weighted by Crippen LogP contribution is -2.14. The van der Waals surface area contributed by atoms with Gasteiger partial charge < -0.3 is 4.57 Å². The van der Waals surface area contributed by atoms with E-state index in [-0.39, 0.29) is 5.41 Å². The molecule has 4 aliphatic rings. The number of fused-ring (bicyclic) bond motifs is 13. The molecule has 0 radical (unpaired) electrons. The molecule has 6 aromatic heterocycles. The number of hydrogen-bond donors (Lipinski definition) is 0. The highest BCUT2D eigenvalue weighted by Crippen LogP contribution is 2.57. The van der Waals surface area contributed by atoms with Gasteiger partial charge in [0.25, 0.3) is 0 Å². The predicted octanol–water partition coefficient (Wildman–Crippen LogP) is 31.6. The molecule has 4 aliphatic carbocycles. The Morgan fingerprint density at radius 3 is 1.09 bits per heavy atom. The number of para-hydroxylation sites is 4. The molecule has 30 rings (SSSR count). The summed E-state index contributed by atoms with van der Waals surface area (Å²) >= 11 is 0. The third-order valence-electron chi connectivity index (χ3n) is 28.4.